The number of nitrogens with zero attached hydrogens (tertiary/aromatic N) is 3. The van der Waals surface area contributed by atoms with Crippen LogP contribution in [0.15, 0.2) is 96.2 Å². The van der Waals surface area contributed by atoms with Gasteiger partial charge in [-0.3, -0.25) is 19.8 Å². The molecule has 1 saturated carbocycles. The molecule has 1 amide bonds. The number of pyridine rings is 1. The fourth-order valence-electron chi connectivity index (χ4n) is 8.69. The van der Waals surface area contributed by atoms with Crippen LogP contribution in [0.3, 0.4) is 0 Å². The van der Waals surface area contributed by atoms with Crippen molar-refractivity contribution in [2.75, 3.05) is 31.6 Å². The lowest BCUT2D eigenvalue weighted by Gasteiger charge is -2.36. The fraction of sp³-hybridized carbons (Fsp3) is 0.378. The molecule has 3 N–H and O–H groups in total. The monoisotopic (exact) mass is 832 g/mol. The standard InChI is InChI=1S/C45H48N6O8S/c52-45(49-60(55,56)36-14-16-39(41(26-36)51(53)54)47-27-29-18-22-57-23-19-29)38-15-9-31(25-43(38)59-35-24-32-17-20-46-44(32)48-28-35)30-7-10-33(11-8-30)50-21-3-5-40(50)37-4-1-2-6-42(37)58-34-12-13-34/h1-2,4,6-7,9,14-17,20,24-26,28-29,33-34,40,47H,3,5,8,10-13,18-19,21-23,27H2,(H,46,48)(H,49,52). The van der Waals surface area contributed by atoms with Crippen LogP contribution >= 0.6 is 0 Å². The normalized spacial score (nSPS) is 20.1. The summed E-state index contributed by atoms with van der Waals surface area (Å²) in [5.41, 5.74) is 3.68. The van der Waals surface area contributed by atoms with Crippen LogP contribution in [-0.2, 0) is 14.8 Å². The molecule has 9 rings (SSSR count). The van der Waals surface area contributed by atoms with Gasteiger partial charge >= 0.3 is 0 Å². The summed E-state index contributed by atoms with van der Waals surface area (Å²) in [4.78, 5) is 35.1. The van der Waals surface area contributed by atoms with Crippen LogP contribution in [0.25, 0.3) is 16.6 Å². The van der Waals surface area contributed by atoms with Crippen molar-refractivity contribution in [2.24, 2.45) is 5.92 Å². The SMILES string of the molecule is O=C(NS(=O)(=O)c1ccc(NCC2CCOCC2)c([N+](=O)[O-])c1)c1ccc(C2=CCC(N3CCCC3c3ccccc3OC3CC3)CC2)cc1Oc1cnc2[nH]ccc2c1. The minimum Gasteiger partial charge on any atom is -0.490 e. The number of H-pyrrole nitrogens is 1. The molecule has 14 nitrogen and oxygen atoms in total. The van der Waals surface area contributed by atoms with Crippen LogP contribution < -0.4 is 19.5 Å². The number of rotatable bonds is 14. The number of benzene rings is 3. The Hall–Kier alpha value is -5.77. The van der Waals surface area contributed by atoms with E-state index >= 15 is 0 Å². The molecule has 0 spiro atoms. The summed E-state index contributed by atoms with van der Waals surface area (Å²) in [6.07, 6.45) is 14.6. The van der Waals surface area contributed by atoms with E-state index in [2.05, 4.69) is 55.2 Å². The Balaban J connectivity index is 0.949. The number of para-hydroxylation sites is 1. The number of nitrogens with one attached hydrogen (secondary N) is 3. The van der Waals surface area contributed by atoms with Crippen LogP contribution in [0, 0.1) is 16.0 Å². The van der Waals surface area contributed by atoms with Gasteiger partial charge in [-0.1, -0.05) is 30.3 Å². The molecule has 0 radical (unpaired) electrons. The Morgan fingerprint density at radius 3 is 2.63 bits per heavy atom. The van der Waals surface area contributed by atoms with E-state index in [4.69, 9.17) is 14.2 Å². The minimum absolute atomic E-state index is 0.0259. The third-order valence-electron chi connectivity index (χ3n) is 12.1. The number of aromatic nitrogens is 2. The molecule has 2 atom stereocenters. The van der Waals surface area contributed by atoms with E-state index in [1.807, 2.05) is 12.1 Å². The number of allylic oxidation sites excluding steroid dienone is 1. The molecular formula is C45H48N6O8S. The van der Waals surface area contributed by atoms with Gasteiger partial charge in [0.05, 0.1) is 27.7 Å². The third kappa shape index (κ3) is 8.74. The van der Waals surface area contributed by atoms with Crippen LogP contribution in [0.4, 0.5) is 11.4 Å². The van der Waals surface area contributed by atoms with E-state index in [0.717, 1.165) is 92.7 Å². The number of amides is 1. The summed E-state index contributed by atoms with van der Waals surface area (Å²) < 4.78 is 47.5. The zero-order valence-corrected chi connectivity index (χ0v) is 34.0. The van der Waals surface area contributed by atoms with Crippen molar-refractivity contribution in [3.05, 3.63) is 118 Å². The number of sulfonamides is 1. The van der Waals surface area contributed by atoms with Gasteiger partial charge in [0.25, 0.3) is 21.6 Å². The molecule has 4 heterocycles. The van der Waals surface area contributed by atoms with Gasteiger partial charge in [-0.15, -0.1) is 0 Å². The highest BCUT2D eigenvalue weighted by atomic mass is 32.2. The molecule has 2 saturated heterocycles. The molecule has 2 aromatic heterocycles. The molecule has 4 aliphatic rings. The van der Waals surface area contributed by atoms with E-state index in [1.54, 1.807) is 24.4 Å². The van der Waals surface area contributed by atoms with Gasteiger partial charge in [0.1, 0.15) is 28.6 Å². The lowest BCUT2D eigenvalue weighted by Crippen LogP contribution is -2.36. The minimum atomic E-state index is -4.55. The number of likely N-dealkylation sites (tertiary alicyclic amines) is 1. The smallest absolute Gasteiger partial charge is 0.293 e. The molecule has 312 valence electrons. The van der Waals surface area contributed by atoms with Crippen molar-refractivity contribution in [3.63, 3.8) is 0 Å². The highest BCUT2D eigenvalue weighted by Gasteiger charge is 2.35. The molecule has 60 heavy (non-hydrogen) atoms. The summed E-state index contributed by atoms with van der Waals surface area (Å²) >= 11 is 0. The van der Waals surface area contributed by atoms with Gasteiger partial charge in [0.15, 0.2) is 0 Å². The first kappa shape index (κ1) is 39.7. The number of fused-ring (bicyclic) bond motifs is 1. The van der Waals surface area contributed by atoms with Crippen molar-refractivity contribution in [2.45, 2.75) is 80.9 Å². The van der Waals surface area contributed by atoms with Crippen molar-refractivity contribution < 1.29 is 32.3 Å². The zero-order valence-electron chi connectivity index (χ0n) is 33.2. The van der Waals surface area contributed by atoms with Gasteiger partial charge in [-0.2, -0.15) is 0 Å². The average molecular weight is 833 g/mol. The number of hydrogen-bond donors (Lipinski definition) is 3. The molecule has 15 heteroatoms. The van der Waals surface area contributed by atoms with Crippen molar-refractivity contribution >= 4 is 43.9 Å². The van der Waals surface area contributed by atoms with Crippen LogP contribution in [0.1, 0.15) is 85.3 Å². The van der Waals surface area contributed by atoms with Crippen molar-refractivity contribution in [3.8, 4) is 17.2 Å². The first-order chi connectivity index (χ1) is 29.2. The first-order valence-electron chi connectivity index (χ1n) is 20.8. The van der Waals surface area contributed by atoms with Crippen LogP contribution in [-0.4, -0.2) is 72.6 Å². The molecule has 3 aromatic carbocycles. The molecule has 3 fully saturated rings. The van der Waals surface area contributed by atoms with E-state index in [0.29, 0.717) is 49.3 Å². The number of ether oxygens (including phenoxy) is 3. The molecule has 2 unspecified atom stereocenters. The van der Waals surface area contributed by atoms with Gasteiger partial charge < -0.3 is 24.5 Å². The maximum atomic E-state index is 13.9. The van der Waals surface area contributed by atoms with Gasteiger partial charge in [0, 0.05) is 55.1 Å². The number of aromatic amines is 1. The van der Waals surface area contributed by atoms with E-state index in [1.165, 1.54) is 23.9 Å². The van der Waals surface area contributed by atoms with E-state index in [-0.39, 0.29) is 22.9 Å². The lowest BCUT2D eigenvalue weighted by molar-refractivity contribution is -0.384. The Labute approximate surface area is 348 Å². The number of carbonyl (C=O) groups excluding carboxylic acids is 1. The van der Waals surface area contributed by atoms with Gasteiger partial charge in [-0.25, -0.2) is 18.1 Å². The van der Waals surface area contributed by atoms with E-state index in [9.17, 15) is 23.3 Å². The summed E-state index contributed by atoms with van der Waals surface area (Å²) in [7, 11) is -4.55. The Morgan fingerprint density at radius 2 is 1.83 bits per heavy atom. The van der Waals surface area contributed by atoms with Crippen LogP contribution in [0.5, 0.6) is 17.2 Å². The fourth-order valence-corrected chi connectivity index (χ4v) is 9.67. The number of hydrogen-bond acceptors (Lipinski definition) is 11. The zero-order chi connectivity index (χ0) is 41.2. The number of nitro groups is 1. The van der Waals surface area contributed by atoms with Gasteiger partial charge in [0.2, 0.25) is 0 Å². The highest BCUT2D eigenvalue weighted by Crippen LogP contribution is 2.43. The predicted molar refractivity (Wildman–Crippen MR) is 227 cm³/mol. The molecule has 2 aliphatic heterocycles. The quantitative estimate of drug-likeness (QED) is 0.0722. The summed E-state index contributed by atoms with van der Waals surface area (Å²) in [5, 5.41) is 16.0. The molecule has 2 aliphatic carbocycles. The number of carbonyl (C=O) groups is 1. The molecule has 5 aromatic rings. The third-order valence-corrected chi connectivity index (χ3v) is 13.4. The van der Waals surface area contributed by atoms with Crippen molar-refractivity contribution in [1.82, 2.24) is 19.6 Å². The summed E-state index contributed by atoms with van der Waals surface area (Å²) in [6, 6.07) is 21.5. The van der Waals surface area contributed by atoms with Crippen molar-refractivity contribution in [1.29, 1.82) is 0 Å². The molecule has 0 bridgehead atoms. The number of anilines is 1. The second kappa shape index (κ2) is 17.1. The number of nitro benzene ring substituents is 1. The highest BCUT2D eigenvalue weighted by molar-refractivity contribution is 7.90. The topological polar surface area (TPSA) is 178 Å². The maximum absolute atomic E-state index is 13.9. The maximum Gasteiger partial charge on any atom is 0.293 e. The Kier molecular flexibility index (Phi) is 11.3. The Morgan fingerprint density at radius 1 is 0.983 bits per heavy atom. The van der Waals surface area contributed by atoms with E-state index < -0.39 is 31.4 Å². The molecular weight excluding hydrogens is 785 g/mol. The largest absolute Gasteiger partial charge is 0.490 e. The van der Waals surface area contributed by atoms with Gasteiger partial charge in [-0.05, 0) is 124 Å². The second-order valence-electron chi connectivity index (χ2n) is 16.1. The second-order valence-corrected chi connectivity index (χ2v) is 17.8. The predicted octanol–water partition coefficient (Wildman–Crippen LogP) is 8.53. The average Bonchev–Trinajstić information content (AvgIpc) is 3.72. The summed E-state index contributed by atoms with van der Waals surface area (Å²) in [6.45, 7) is 2.78. The summed E-state index contributed by atoms with van der Waals surface area (Å²) in [5.74, 6) is 0.844. The first-order valence-corrected chi connectivity index (χ1v) is 22.3. The Bertz CT molecular complexity index is 2550. The van der Waals surface area contributed by atoms with Crippen LogP contribution in [0.2, 0.25) is 0 Å². The lowest BCUT2D eigenvalue weighted by atomic mass is 9.88.